The number of hydrogen-bond acceptors (Lipinski definition) is 2. The largest absolute Gasteiger partial charge is 0.355 e. The number of hydrogen-bond donors (Lipinski definition) is 1. The number of nitrogens with zero attached hydrogens (tertiary/aromatic N) is 1. The molecule has 2 amide bonds. The van der Waals surface area contributed by atoms with Gasteiger partial charge in [0.05, 0.1) is 5.92 Å². The zero-order chi connectivity index (χ0) is 27.0. The Labute approximate surface area is 231 Å². The Hall–Kier alpha value is -4.18. The summed E-state index contributed by atoms with van der Waals surface area (Å²) in [5, 5.41) is 3.15. The van der Waals surface area contributed by atoms with Gasteiger partial charge in [0.1, 0.15) is 0 Å². The van der Waals surface area contributed by atoms with Crippen molar-refractivity contribution in [1.29, 1.82) is 0 Å². The van der Waals surface area contributed by atoms with E-state index in [0.29, 0.717) is 18.7 Å². The first-order chi connectivity index (χ1) is 19.1. The van der Waals surface area contributed by atoms with Gasteiger partial charge >= 0.3 is 0 Å². The lowest BCUT2D eigenvalue weighted by molar-refractivity contribution is -0.123. The number of fused-ring (bicyclic) bond motifs is 1. The molecule has 0 aliphatic carbocycles. The Morgan fingerprint density at radius 1 is 0.821 bits per heavy atom. The first-order valence-electron chi connectivity index (χ1n) is 13.9. The lowest BCUT2D eigenvalue weighted by atomic mass is 9.86. The molecule has 5 rings (SSSR count). The molecular formula is C35H36N2O2. The first kappa shape index (κ1) is 26.4. The van der Waals surface area contributed by atoms with Crippen LogP contribution in [0.3, 0.4) is 0 Å². The maximum atomic E-state index is 13.9. The van der Waals surface area contributed by atoms with E-state index < -0.39 is 5.92 Å². The average Bonchev–Trinajstić information content (AvgIpc) is 2.97. The summed E-state index contributed by atoms with van der Waals surface area (Å²) in [7, 11) is 0. The Morgan fingerprint density at radius 3 is 2.23 bits per heavy atom. The van der Waals surface area contributed by atoms with Crippen molar-refractivity contribution < 1.29 is 9.59 Å². The van der Waals surface area contributed by atoms with Gasteiger partial charge in [0.15, 0.2) is 0 Å². The maximum Gasteiger partial charge on any atom is 0.254 e. The molecule has 2 unspecified atom stereocenters. The van der Waals surface area contributed by atoms with Crippen LogP contribution in [0.5, 0.6) is 0 Å². The quantitative estimate of drug-likeness (QED) is 0.275. The summed E-state index contributed by atoms with van der Waals surface area (Å²) in [6.45, 7) is 3.06. The van der Waals surface area contributed by atoms with Crippen LogP contribution in [0.1, 0.15) is 50.5 Å². The maximum absolute atomic E-state index is 13.9. The number of aryl methyl sites for hydroxylation is 2. The van der Waals surface area contributed by atoms with Crippen LogP contribution in [0.15, 0.2) is 109 Å². The Balaban J connectivity index is 1.38. The van der Waals surface area contributed by atoms with Crippen LogP contribution in [0, 0.1) is 6.92 Å². The van der Waals surface area contributed by atoms with E-state index >= 15 is 0 Å². The van der Waals surface area contributed by atoms with Crippen molar-refractivity contribution in [2.75, 3.05) is 13.1 Å². The van der Waals surface area contributed by atoms with Crippen LogP contribution in [-0.2, 0) is 24.1 Å². The zero-order valence-corrected chi connectivity index (χ0v) is 22.6. The van der Waals surface area contributed by atoms with Crippen molar-refractivity contribution in [2.45, 2.75) is 44.6 Å². The van der Waals surface area contributed by atoms with Crippen LogP contribution in [-0.4, -0.2) is 35.8 Å². The second-order valence-electron chi connectivity index (χ2n) is 10.5. The fourth-order valence-electron chi connectivity index (χ4n) is 5.62. The van der Waals surface area contributed by atoms with E-state index in [2.05, 4.69) is 60.8 Å². The van der Waals surface area contributed by atoms with Gasteiger partial charge in [0.2, 0.25) is 5.91 Å². The highest BCUT2D eigenvalue weighted by molar-refractivity contribution is 6.00. The van der Waals surface area contributed by atoms with Crippen molar-refractivity contribution in [3.63, 3.8) is 0 Å². The van der Waals surface area contributed by atoms with E-state index in [4.69, 9.17) is 0 Å². The molecule has 4 heteroatoms. The van der Waals surface area contributed by atoms with Crippen LogP contribution < -0.4 is 5.32 Å². The lowest BCUT2D eigenvalue weighted by Gasteiger charge is -2.39. The van der Waals surface area contributed by atoms with Gasteiger partial charge in [-0.15, -0.1) is 0 Å². The van der Waals surface area contributed by atoms with Crippen molar-refractivity contribution in [3.8, 4) is 0 Å². The van der Waals surface area contributed by atoms with E-state index in [1.165, 1.54) is 22.3 Å². The fourth-order valence-corrected chi connectivity index (χ4v) is 5.62. The monoisotopic (exact) mass is 516 g/mol. The second-order valence-corrected chi connectivity index (χ2v) is 10.5. The molecule has 0 saturated carbocycles. The van der Waals surface area contributed by atoms with Crippen LogP contribution in [0.25, 0.3) is 0 Å². The highest BCUT2D eigenvalue weighted by Crippen LogP contribution is 2.31. The van der Waals surface area contributed by atoms with Gasteiger partial charge in [-0.1, -0.05) is 109 Å². The molecule has 0 fully saturated rings. The smallest absolute Gasteiger partial charge is 0.254 e. The van der Waals surface area contributed by atoms with Crippen molar-refractivity contribution in [1.82, 2.24) is 10.2 Å². The highest BCUT2D eigenvalue weighted by Gasteiger charge is 2.38. The molecule has 4 aromatic rings. The van der Waals surface area contributed by atoms with Crippen LogP contribution in [0.4, 0.5) is 0 Å². The summed E-state index contributed by atoms with van der Waals surface area (Å²) in [5.41, 5.74) is 6.36. The SMILES string of the molecule is Cc1cccc(CCC(Cc2ccccc2)N2CC(C(=O)NCCc3ccccc3)c3ccccc3C2=O)c1. The molecule has 1 aliphatic rings. The molecule has 1 N–H and O–H groups in total. The van der Waals surface area contributed by atoms with Crippen LogP contribution in [0.2, 0.25) is 0 Å². The summed E-state index contributed by atoms with van der Waals surface area (Å²) >= 11 is 0. The minimum atomic E-state index is -0.396. The molecule has 0 spiro atoms. The standard InChI is InChI=1S/C35H36N2O2/c1-26-11-10-16-29(23-26)19-20-30(24-28-14-6-3-7-15-28)37-25-33(31-17-8-9-18-32(31)35(37)39)34(38)36-22-21-27-12-4-2-5-13-27/h2-18,23,30,33H,19-22,24-25H2,1H3,(H,36,38). The number of rotatable bonds is 10. The van der Waals surface area contributed by atoms with E-state index in [9.17, 15) is 9.59 Å². The molecule has 39 heavy (non-hydrogen) atoms. The molecular weight excluding hydrogens is 480 g/mol. The topological polar surface area (TPSA) is 49.4 Å². The summed E-state index contributed by atoms with van der Waals surface area (Å²) in [6.07, 6.45) is 3.23. The number of nitrogens with one attached hydrogen (secondary N) is 1. The van der Waals surface area contributed by atoms with Crippen LogP contribution >= 0.6 is 0 Å². The third-order valence-corrected chi connectivity index (χ3v) is 7.68. The molecule has 1 aliphatic heterocycles. The average molecular weight is 517 g/mol. The van der Waals surface area contributed by atoms with Gasteiger partial charge < -0.3 is 10.2 Å². The number of amides is 2. The van der Waals surface area contributed by atoms with E-state index in [-0.39, 0.29) is 17.9 Å². The van der Waals surface area contributed by atoms with Gasteiger partial charge in [0.25, 0.3) is 5.91 Å². The van der Waals surface area contributed by atoms with Crippen molar-refractivity contribution in [2.24, 2.45) is 0 Å². The van der Waals surface area contributed by atoms with Crippen molar-refractivity contribution in [3.05, 3.63) is 143 Å². The minimum Gasteiger partial charge on any atom is -0.355 e. The van der Waals surface area contributed by atoms with Gasteiger partial charge in [0, 0.05) is 24.7 Å². The fraction of sp³-hybridized carbons (Fsp3) is 0.257. The summed E-state index contributed by atoms with van der Waals surface area (Å²) in [4.78, 5) is 29.4. The number of carbonyl (C=O) groups excluding carboxylic acids is 2. The highest BCUT2D eigenvalue weighted by atomic mass is 16.2. The molecule has 2 atom stereocenters. The molecule has 1 heterocycles. The minimum absolute atomic E-state index is 0.0177. The van der Waals surface area contributed by atoms with E-state index in [1.54, 1.807) is 0 Å². The molecule has 198 valence electrons. The number of carbonyl (C=O) groups is 2. The lowest BCUT2D eigenvalue weighted by Crippen LogP contribution is -2.50. The normalized spacial score (nSPS) is 15.5. The Morgan fingerprint density at radius 2 is 1.49 bits per heavy atom. The molecule has 4 nitrogen and oxygen atoms in total. The zero-order valence-electron chi connectivity index (χ0n) is 22.6. The molecule has 0 saturated heterocycles. The molecule has 4 aromatic carbocycles. The van der Waals surface area contributed by atoms with Gasteiger partial charge in [-0.05, 0) is 60.9 Å². The Bertz CT molecular complexity index is 1400. The molecule has 0 radical (unpaired) electrons. The van der Waals surface area contributed by atoms with E-state index in [1.807, 2.05) is 65.6 Å². The first-order valence-corrected chi connectivity index (χ1v) is 13.9. The van der Waals surface area contributed by atoms with Crippen molar-refractivity contribution >= 4 is 11.8 Å². The third-order valence-electron chi connectivity index (χ3n) is 7.68. The predicted octanol–water partition coefficient (Wildman–Crippen LogP) is 6.14. The summed E-state index contributed by atoms with van der Waals surface area (Å²) in [6, 6.07) is 36.7. The molecule has 0 bridgehead atoms. The van der Waals surface area contributed by atoms with Gasteiger partial charge in [-0.3, -0.25) is 9.59 Å². The van der Waals surface area contributed by atoms with Gasteiger partial charge in [-0.25, -0.2) is 0 Å². The second kappa shape index (κ2) is 12.6. The van der Waals surface area contributed by atoms with Gasteiger partial charge in [-0.2, -0.15) is 0 Å². The predicted molar refractivity (Wildman–Crippen MR) is 157 cm³/mol. The Kier molecular flexibility index (Phi) is 8.52. The number of benzene rings is 4. The molecule has 0 aromatic heterocycles. The van der Waals surface area contributed by atoms with E-state index in [0.717, 1.165) is 31.2 Å². The summed E-state index contributed by atoms with van der Waals surface area (Å²) < 4.78 is 0. The summed E-state index contributed by atoms with van der Waals surface area (Å²) in [5.74, 6) is -0.399. The third kappa shape index (κ3) is 6.64.